The van der Waals surface area contributed by atoms with Crippen molar-refractivity contribution in [3.63, 3.8) is 0 Å². The molecule has 1 aliphatic heterocycles. The van der Waals surface area contributed by atoms with Crippen molar-refractivity contribution in [2.75, 3.05) is 0 Å². The highest BCUT2D eigenvalue weighted by Gasteiger charge is 2.31. The number of Topliss-reactive ketones (excluding diaryl/α,β-unsaturated/α-hetero) is 1. The van der Waals surface area contributed by atoms with E-state index in [1.807, 2.05) is 11.4 Å². The minimum absolute atomic E-state index is 0.182. The first kappa shape index (κ1) is 16.2. The minimum Gasteiger partial charge on any atom is -0.336 e. The van der Waals surface area contributed by atoms with Crippen LogP contribution in [0.4, 0.5) is 0 Å². The van der Waals surface area contributed by atoms with Gasteiger partial charge in [0.05, 0.1) is 27.1 Å². The van der Waals surface area contributed by atoms with Crippen LogP contribution in [0.15, 0.2) is 29.6 Å². The molecule has 130 valence electrons. The molecule has 0 spiro atoms. The molecule has 8 heteroatoms. The molecule has 7 nitrogen and oxygen atoms in total. The van der Waals surface area contributed by atoms with Crippen LogP contribution in [0.5, 0.6) is 0 Å². The van der Waals surface area contributed by atoms with E-state index in [4.69, 9.17) is 4.84 Å². The number of fused-ring (bicyclic) bond motifs is 2. The molecule has 1 aromatic carbocycles. The van der Waals surface area contributed by atoms with Crippen molar-refractivity contribution in [3.8, 4) is 10.6 Å². The van der Waals surface area contributed by atoms with Gasteiger partial charge in [-0.3, -0.25) is 19.7 Å². The number of amides is 2. The number of carbonyl (C=O) groups is 4. The van der Waals surface area contributed by atoms with E-state index in [0.29, 0.717) is 22.2 Å². The van der Waals surface area contributed by atoms with Gasteiger partial charge in [-0.1, -0.05) is 6.07 Å². The Balaban J connectivity index is 2.16. The second-order valence-electron chi connectivity index (χ2n) is 5.83. The van der Waals surface area contributed by atoms with Gasteiger partial charge in [-0.15, -0.1) is 11.3 Å². The smallest absolute Gasteiger partial charge is 0.329 e. The van der Waals surface area contributed by atoms with Crippen molar-refractivity contribution in [1.29, 1.82) is 0 Å². The number of imide groups is 1. The van der Waals surface area contributed by atoms with Crippen LogP contribution >= 0.6 is 11.3 Å². The maximum Gasteiger partial charge on any atom is 0.329 e. The van der Waals surface area contributed by atoms with E-state index in [2.05, 4.69) is 5.32 Å². The summed E-state index contributed by atoms with van der Waals surface area (Å²) in [5.41, 5.74) is 1.51. The van der Waals surface area contributed by atoms with Crippen LogP contribution in [0.25, 0.3) is 21.5 Å². The number of ketones is 1. The van der Waals surface area contributed by atoms with Crippen molar-refractivity contribution in [3.05, 3.63) is 46.3 Å². The lowest BCUT2D eigenvalue weighted by molar-refractivity contribution is -0.140. The van der Waals surface area contributed by atoms with E-state index >= 15 is 0 Å². The van der Waals surface area contributed by atoms with Crippen LogP contribution in [-0.4, -0.2) is 28.3 Å². The van der Waals surface area contributed by atoms with Crippen molar-refractivity contribution in [2.45, 2.75) is 13.8 Å². The number of nitrogens with one attached hydrogen (secondary N) is 1. The summed E-state index contributed by atoms with van der Waals surface area (Å²) in [7, 11) is 0. The third-order valence-corrected chi connectivity index (χ3v) is 4.98. The second-order valence-corrected chi connectivity index (χ2v) is 6.78. The van der Waals surface area contributed by atoms with Gasteiger partial charge < -0.3 is 4.84 Å². The molecule has 0 unspecified atom stereocenters. The average molecular weight is 368 g/mol. The number of hydrogen-bond donors (Lipinski definition) is 1. The van der Waals surface area contributed by atoms with Crippen molar-refractivity contribution in [1.82, 2.24) is 10.0 Å². The summed E-state index contributed by atoms with van der Waals surface area (Å²) in [6.45, 7) is 2.66. The molecule has 4 rings (SSSR count). The highest BCUT2D eigenvalue weighted by Crippen LogP contribution is 2.37. The fraction of sp³-hybridized carbons (Fsp3) is 0.111. The van der Waals surface area contributed by atoms with Crippen LogP contribution in [0, 0.1) is 0 Å². The topological polar surface area (TPSA) is 94.5 Å². The molecule has 0 bridgehead atoms. The molecule has 1 aliphatic rings. The Labute approximate surface area is 151 Å². The van der Waals surface area contributed by atoms with E-state index in [1.165, 1.54) is 42.0 Å². The Hall–Kier alpha value is -3.26. The molecule has 2 aromatic heterocycles. The number of rotatable bonds is 3. The Morgan fingerprint density at radius 3 is 2.38 bits per heavy atom. The van der Waals surface area contributed by atoms with Gasteiger partial charge >= 0.3 is 5.97 Å². The van der Waals surface area contributed by atoms with E-state index in [1.54, 1.807) is 6.07 Å². The summed E-state index contributed by atoms with van der Waals surface area (Å²) in [5, 5.41) is 4.51. The molecule has 0 saturated carbocycles. The quantitative estimate of drug-likeness (QED) is 0.566. The third-order valence-electron chi connectivity index (χ3n) is 4.11. The van der Waals surface area contributed by atoms with Crippen molar-refractivity contribution < 1.29 is 24.0 Å². The van der Waals surface area contributed by atoms with Gasteiger partial charge in [-0.2, -0.15) is 4.73 Å². The number of carbonyl (C=O) groups excluding carboxylic acids is 4. The summed E-state index contributed by atoms with van der Waals surface area (Å²) < 4.78 is 1.26. The molecule has 0 aliphatic carbocycles. The lowest BCUT2D eigenvalue weighted by atomic mass is 10.0. The highest BCUT2D eigenvalue weighted by atomic mass is 32.1. The normalized spacial score (nSPS) is 13.0. The molecule has 0 radical (unpaired) electrons. The number of nitrogens with zero attached hydrogens (tertiary/aromatic N) is 1. The summed E-state index contributed by atoms with van der Waals surface area (Å²) >= 11 is 1.38. The van der Waals surface area contributed by atoms with E-state index in [0.717, 1.165) is 4.88 Å². The van der Waals surface area contributed by atoms with Crippen LogP contribution in [0.3, 0.4) is 0 Å². The molecule has 0 fully saturated rings. The lowest BCUT2D eigenvalue weighted by Crippen LogP contribution is -2.20. The van der Waals surface area contributed by atoms with Crippen molar-refractivity contribution in [2.24, 2.45) is 0 Å². The van der Waals surface area contributed by atoms with Gasteiger partial charge in [0, 0.05) is 12.3 Å². The zero-order chi connectivity index (χ0) is 18.6. The molecule has 3 aromatic rings. The van der Waals surface area contributed by atoms with Crippen molar-refractivity contribution >= 4 is 45.8 Å². The fourth-order valence-electron chi connectivity index (χ4n) is 3.14. The van der Waals surface area contributed by atoms with Crippen LogP contribution < -0.4 is 10.2 Å². The number of benzene rings is 1. The number of hydrogen-bond acceptors (Lipinski definition) is 6. The largest absolute Gasteiger partial charge is 0.336 e. The summed E-state index contributed by atoms with van der Waals surface area (Å²) in [6, 6.07) is 6.59. The fourth-order valence-corrected chi connectivity index (χ4v) is 3.89. The Bertz CT molecular complexity index is 1120. The molecule has 26 heavy (non-hydrogen) atoms. The first-order valence-corrected chi connectivity index (χ1v) is 8.58. The first-order chi connectivity index (χ1) is 12.4. The standard InChI is InChI=1S/C18H12N2O5S/c1-8(21)15-12-6-10-11(18(24)19-17(10)23)7-13(12)20(25-9(2)22)16(15)14-4-3-5-26-14/h3-7H,1-2H3,(H,19,23,24). The van der Waals surface area contributed by atoms with Crippen LogP contribution in [-0.2, 0) is 4.79 Å². The first-order valence-electron chi connectivity index (χ1n) is 7.70. The number of aromatic nitrogens is 1. The Kier molecular flexibility index (Phi) is 3.52. The second kappa shape index (κ2) is 5.63. The molecule has 0 saturated heterocycles. The van der Waals surface area contributed by atoms with Crippen LogP contribution in [0.1, 0.15) is 44.9 Å². The van der Waals surface area contributed by atoms with Gasteiger partial charge in [0.15, 0.2) is 5.78 Å². The molecule has 0 atom stereocenters. The van der Waals surface area contributed by atoms with E-state index < -0.39 is 17.8 Å². The molecular formula is C18H12N2O5S. The van der Waals surface area contributed by atoms with Gasteiger partial charge in [0.25, 0.3) is 11.8 Å². The van der Waals surface area contributed by atoms with E-state index in [-0.39, 0.29) is 16.9 Å². The lowest BCUT2D eigenvalue weighted by Gasteiger charge is -2.09. The molecular weight excluding hydrogens is 356 g/mol. The predicted octanol–water partition coefficient (Wildman–Crippen LogP) is 2.43. The van der Waals surface area contributed by atoms with Gasteiger partial charge in [0.1, 0.15) is 5.69 Å². The minimum atomic E-state index is -0.573. The van der Waals surface area contributed by atoms with E-state index in [9.17, 15) is 19.2 Å². The summed E-state index contributed by atoms with van der Waals surface area (Å²) in [6.07, 6.45) is 0. The van der Waals surface area contributed by atoms with Crippen LogP contribution in [0.2, 0.25) is 0 Å². The average Bonchev–Trinajstić information content (AvgIpc) is 3.24. The maximum absolute atomic E-state index is 12.4. The zero-order valence-electron chi connectivity index (χ0n) is 13.8. The molecule has 1 N–H and O–H groups in total. The SMILES string of the molecule is CC(=O)On1c(-c2cccs2)c(C(C)=O)c2cc3c(cc21)C(=O)NC3=O. The predicted molar refractivity (Wildman–Crippen MR) is 94.3 cm³/mol. The Morgan fingerprint density at radius 1 is 1.12 bits per heavy atom. The summed E-state index contributed by atoms with van der Waals surface area (Å²) in [5.74, 6) is -1.85. The maximum atomic E-state index is 12.4. The highest BCUT2D eigenvalue weighted by molar-refractivity contribution is 7.13. The molecule has 3 heterocycles. The number of thiophene rings is 1. The third kappa shape index (κ3) is 2.26. The monoisotopic (exact) mass is 368 g/mol. The summed E-state index contributed by atoms with van der Waals surface area (Å²) in [4.78, 5) is 54.1. The molecule has 2 amide bonds. The zero-order valence-corrected chi connectivity index (χ0v) is 14.6. The Morgan fingerprint density at radius 2 is 1.81 bits per heavy atom. The van der Waals surface area contributed by atoms with Gasteiger partial charge in [-0.05, 0) is 30.5 Å². The van der Waals surface area contributed by atoms with Gasteiger partial charge in [-0.25, -0.2) is 4.79 Å². The van der Waals surface area contributed by atoms with Gasteiger partial charge in [0.2, 0.25) is 0 Å².